The molecule has 90 valence electrons. The topological polar surface area (TPSA) is 0 Å². The number of allylic oxidation sites excluding steroid dienone is 4. The molecule has 0 saturated carbocycles. The van der Waals surface area contributed by atoms with E-state index in [1.54, 1.807) is 0 Å². The van der Waals surface area contributed by atoms with E-state index in [0.29, 0.717) is 0 Å². The molecule has 0 fully saturated rings. The van der Waals surface area contributed by atoms with E-state index in [0.717, 1.165) is 12.8 Å². The standard InChI is InChI=1S/C18H14.Zr/c1-2-7-13(6-1)15-10-5-11-17-16-9-4-3-8-14(16)12-18(15)17;/h1-6,8-11H,7,12H2;. The van der Waals surface area contributed by atoms with E-state index in [-0.39, 0.29) is 26.2 Å². The van der Waals surface area contributed by atoms with Gasteiger partial charge in [-0.25, -0.2) is 0 Å². The molecule has 0 saturated heterocycles. The Morgan fingerprint density at radius 3 is 2.42 bits per heavy atom. The minimum Gasteiger partial charge on any atom is -0.0801 e. The fraction of sp³-hybridized carbons (Fsp3) is 0.111. The van der Waals surface area contributed by atoms with Crippen LogP contribution in [0.15, 0.2) is 60.7 Å². The van der Waals surface area contributed by atoms with Gasteiger partial charge in [0, 0.05) is 26.2 Å². The summed E-state index contributed by atoms with van der Waals surface area (Å²) in [6.45, 7) is 0. The third-order valence-corrected chi connectivity index (χ3v) is 3.97. The van der Waals surface area contributed by atoms with E-state index in [1.165, 1.54) is 33.4 Å². The molecule has 2 aromatic carbocycles. The smallest absolute Gasteiger partial charge is 0 e. The maximum Gasteiger partial charge on any atom is 0 e. The Labute approximate surface area is 133 Å². The van der Waals surface area contributed by atoms with Crippen LogP contribution in [0, 0.1) is 0 Å². The van der Waals surface area contributed by atoms with Crippen LogP contribution >= 0.6 is 0 Å². The predicted molar refractivity (Wildman–Crippen MR) is 76.4 cm³/mol. The molecule has 0 amide bonds. The summed E-state index contributed by atoms with van der Waals surface area (Å²) in [5.74, 6) is 0. The molecule has 2 aliphatic rings. The minimum absolute atomic E-state index is 0. The van der Waals surface area contributed by atoms with Gasteiger partial charge in [0.1, 0.15) is 0 Å². The fourth-order valence-electron chi connectivity index (χ4n) is 3.11. The first-order valence-corrected chi connectivity index (χ1v) is 6.50. The number of hydrogen-bond acceptors (Lipinski definition) is 0. The summed E-state index contributed by atoms with van der Waals surface area (Å²) in [5.41, 5.74) is 8.71. The number of benzene rings is 2. The largest absolute Gasteiger partial charge is 0.0801 e. The van der Waals surface area contributed by atoms with Crippen LogP contribution in [-0.4, -0.2) is 0 Å². The molecule has 2 aromatic rings. The summed E-state index contributed by atoms with van der Waals surface area (Å²) in [7, 11) is 0. The molecule has 0 atom stereocenters. The summed E-state index contributed by atoms with van der Waals surface area (Å²) in [5, 5.41) is 0. The van der Waals surface area contributed by atoms with Crippen molar-refractivity contribution in [1.82, 2.24) is 0 Å². The van der Waals surface area contributed by atoms with Crippen molar-refractivity contribution < 1.29 is 26.2 Å². The summed E-state index contributed by atoms with van der Waals surface area (Å²) < 4.78 is 0. The van der Waals surface area contributed by atoms with Gasteiger partial charge < -0.3 is 0 Å². The van der Waals surface area contributed by atoms with Crippen LogP contribution in [0.1, 0.15) is 23.1 Å². The van der Waals surface area contributed by atoms with Gasteiger partial charge in [-0.2, -0.15) is 0 Å². The van der Waals surface area contributed by atoms with E-state index in [4.69, 9.17) is 0 Å². The Morgan fingerprint density at radius 2 is 1.58 bits per heavy atom. The zero-order valence-electron chi connectivity index (χ0n) is 10.7. The Kier molecular flexibility index (Phi) is 3.41. The van der Waals surface area contributed by atoms with Gasteiger partial charge in [-0.05, 0) is 46.2 Å². The van der Waals surface area contributed by atoms with Crippen molar-refractivity contribution in [2.24, 2.45) is 0 Å². The summed E-state index contributed by atoms with van der Waals surface area (Å²) in [6, 6.07) is 15.5. The summed E-state index contributed by atoms with van der Waals surface area (Å²) >= 11 is 0. The van der Waals surface area contributed by atoms with E-state index >= 15 is 0 Å². The molecule has 0 heterocycles. The van der Waals surface area contributed by atoms with Crippen molar-refractivity contribution in [2.45, 2.75) is 12.8 Å². The van der Waals surface area contributed by atoms with E-state index in [2.05, 4.69) is 60.7 Å². The van der Waals surface area contributed by atoms with Gasteiger partial charge in [0.15, 0.2) is 0 Å². The summed E-state index contributed by atoms with van der Waals surface area (Å²) in [6.07, 6.45) is 8.80. The number of fused-ring (bicyclic) bond motifs is 3. The maximum atomic E-state index is 2.27. The molecule has 2 aliphatic carbocycles. The first kappa shape index (κ1) is 12.8. The van der Waals surface area contributed by atoms with E-state index in [1.807, 2.05) is 0 Å². The van der Waals surface area contributed by atoms with Crippen molar-refractivity contribution in [1.29, 1.82) is 0 Å². The monoisotopic (exact) mass is 320 g/mol. The molecule has 0 aliphatic heterocycles. The third kappa shape index (κ3) is 2.01. The van der Waals surface area contributed by atoms with E-state index < -0.39 is 0 Å². The summed E-state index contributed by atoms with van der Waals surface area (Å²) in [4.78, 5) is 0. The molecule has 19 heavy (non-hydrogen) atoms. The van der Waals surface area contributed by atoms with Gasteiger partial charge in [0.2, 0.25) is 0 Å². The molecule has 0 radical (unpaired) electrons. The molecular formula is C18H14Zr. The van der Waals surface area contributed by atoms with Crippen LogP contribution in [0.4, 0.5) is 0 Å². The maximum absolute atomic E-state index is 2.27. The molecule has 0 spiro atoms. The van der Waals surface area contributed by atoms with Gasteiger partial charge in [0.25, 0.3) is 0 Å². The molecule has 1 heteroatoms. The van der Waals surface area contributed by atoms with Gasteiger partial charge in [-0.1, -0.05) is 60.7 Å². The zero-order valence-corrected chi connectivity index (χ0v) is 13.1. The second-order valence-corrected chi connectivity index (χ2v) is 4.99. The van der Waals surface area contributed by atoms with E-state index in [9.17, 15) is 0 Å². The number of hydrogen-bond donors (Lipinski definition) is 0. The SMILES string of the molecule is C1=CCC(c2cccc3c2Cc2ccccc2-3)=C1.[Zr]. The minimum atomic E-state index is 0. The Balaban J connectivity index is 0.00000110. The average Bonchev–Trinajstić information content (AvgIpc) is 3.05. The second kappa shape index (κ2) is 5.06. The van der Waals surface area contributed by atoms with Gasteiger partial charge >= 0.3 is 0 Å². The molecular weight excluding hydrogens is 307 g/mol. The Hall–Kier alpha value is -1.20. The van der Waals surface area contributed by atoms with Crippen LogP contribution in [0.3, 0.4) is 0 Å². The van der Waals surface area contributed by atoms with Crippen LogP contribution in [0.2, 0.25) is 0 Å². The second-order valence-electron chi connectivity index (χ2n) is 4.99. The fourth-order valence-corrected chi connectivity index (χ4v) is 3.11. The quantitative estimate of drug-likeness (QED) is 0.614. The van der Waals surface area contributed by atoms with Gasteiger partial charge in [-0.3, -0.25) is 0 Å². The van der Waals surface area contributed by atoms with Crippen LogP contribution < -0.4 is 0 Å². The van der Waals surface area contributed by atoms with Crippen molar-refractivity contribution in [3.05, 3.63) is 77.4 Å². The molecule has 0 bridgehead atoms. The molecule has 0 nitrogen and oxygen atoms in total. The number of rotatable bonds is 1. The van der Waals surface area contributed by atoms with Crippen molar-refractivity contribution >= 4 is 5.57 Å². The molecule has 0 N–H and O–H groups in total. The van der Waals surface area contributed by atoms with Crippen molar-refractivity contribution in [2.75, 3.05) is 0 Å². The zero-order chi connectivity index (χ0) is 11.9. The van der Waals surface area contributed by atoms with Crippen LogP contribution in [0.5, 0.6) is 0 Å². The Morgan fingerprint density at radius 1 is 0.789 bits per heavy atom. The van der Waals surface area contributed by atoms with Crippen LogP contribution in [0.25, 0.3) is 16.7 Å². The molecule has 0 unspecified atom stereocenters. The first-order chi connectivity index (χ1) is 8.93. The Bertz CT molecular complexity index is 693. The normalized spacial score (nSPS) is 14.6. The third-order valence-electron chi connectivity index (χ3n) is 3.97. The first-order valence-electron chi connectivity index (χ1n) is 6.50. The molecule has 4 rings (SSSR count). The van der Waals surface area contributed by atoms with Gasteiger partial charge in [-0.15, -0.1) is 0 Å². The van der Waals surface area contributed by atoms with Gasteiger partial charge in [0.05, 0.1) is 0 Å². The van der Waals surface area contributed by atoms with Crippen LogP contribution in [-0.2, 0) is 32.6 Å². The predicted octanol–water partition coefficient (Wildman–Crippen LogP) is 4.60. The van der Waals surface area contributed by atoms with Crippen molar-refractivity contribution in [3.63, 3.8) is 0 Å². The average molecular weight is 322 g/mol. The van der Waals surface area contributed by atoms with Crippen molar-refractivity contribution in [3.8, 4) is 11.1 Å². The molecule has 0 aromatic heterocycles.